The fraction of sp³-hybridized carbons (Fsp3) is 0.188. The van der Waals surface area contributed by atoms with Crippen LogP contribution in [0.1, 0.15) is 25.0 Å². The second-order valence-corrected chi connectivity index (χ2v) is 12.3. The third-order valence-electron chi connectivity index (χ3n) is 5.44. The Labute approximate surface area is 286 Å². The molecule has 2 heterocycles. The number of aliphatic carboxylic acids is 2. The van der Waals surface area contributed by atoms with Crippen LogP contribution < -0.4 is 0 Å². The molecule has 2 saturated heterocycles. The zero-order valence-electron chi connectivity index (χ0n) is 25.4. The largest absolute Gasteiger partial charge is 0.480 e. The average Bonchev–Trinajstić information content (AvgIpc) is 3.43. The first-order valence-corrected chi connectivity index (χ1v) is 15.7. The zero-order chi connectivity index (χ0) is 34.8. The predicted molar refractivity (Wildman–Crippen MR) is 192 cm³/mol. The van der Waals surface area contributed by atoms with Gasteiger partial charge >= 0.3 is 11.9 Å². The predicted octanol–water partition coefficient (Wildman–Crippen LogP) is 5.05. The molecule has 2 aliphatic heterocycles. The van der Waals surface area contributed by atoms with Crippen LogP contribution in [0.5, 0.6) is 0 Å². The van der Waals surface area contributed by atoms with Crippen molar-refractivity contribution in [3.05, 3.63) is 105 Å². The lowest BCUT2D eigenvalue weighted by atomic mass is 10.1. The fourth-order valence-electron chi connectivity index (χ4n) is 3.66. The lowest BCUT2D eigenvalue weighted by Gasteiger charge is -2.10. The number of hydrogen-bond donors (Lipinski definition) is 4. The SMILES string of the molecule is CC(/C=C1\SC(=S)N(CC(=O)O)C1=O)=C\c1ccccc1.CC(/C=C1\SC(=S)N(CC(=O)O)C1=O)=C\c1ccccc1.CO.CO. The number of amides is 2. The Balaban J connectivity index is 0.000000415. The highest BCUT2D eigenvalue weighted by Gasteiger charge is 2.34. The van der Waals surface area contributed by atoms with Gasteiger partial charge in [0.1, 0.15) is 21.7 Å². The summed E-state index contributed by atoms with van der Waals surface area (Å²) in [5.41, 5.74) is 3.87. The van der Waals surface area contributed by atoms with Crippen LogP contribution in [0.4, 0.5) is 0 Å². The molecule has 0 unspecified atom stereocenters. The number of thiocarbonyl (C=S) groups is 2. The molecule has 2 aromatic rings. The number of allylic oxidation sites excluding steroid dienone is 4. The number of thioether (sulfide) groups is 2. The van der Waals surface area contributed by atoms with E-state index in [1.807, 2.05) is 86.7 Å². The van der Waals surface area contributed by atoms with Crippen molar-refractivity contribution in [3.63, 3.8) is 0 Å². The molecule has 0 spiro atoms. The number of carbonyl (C=O) groups is 4. The molecule has 14 heteroatoms. The molecule has 10 nitrogen and oxygen atoms in total. The molecule has 0 radical (unpaired) electrons. The van der Waals surface area contributed by atoms with Crippen LogP contribution in [0.25, 0.3) is 12.2 Å². The third kappa shape index (κ3) is 13.2. The summed E-state index contributed by atoms with van der Waals surface area (Å²) >= 11 is 12.3. The number of carboxylic acids is 2. The van der Waals surface area contributed by atoms with Gasteiger partial charge in [0.15, 0.2) is 0 Å². The molecule has 2 aromatic carbocycles. The number of hydrogen-bond acceptors (Lipinski definition) is 10. The molecule has 0 atom stereocenters. The van der Waals surface area contributed by atoms with Gasteiger partial charge in [0, 0.05) is 14.2 Å². The Bertz CT molecular complexity index is 1420. The van der Waals surface area contributed by atoms with Crippen LogP contribution in [0, 0.1) is 0 Å². The zero-order valence-corrected chi connectivity index (χ0v) is 28.7. The number of aliphatic hydroxyl groups is 2. The van der Waals surface area contributed by atoms with E-state index in [4.69, 9.17) is 44.9 Å². The third-order valence-corrected chi connectivity index (χ3v) is 8.19. The van der Waals surface area contributed by atoms with E-state index >= 15 is 0 Å². The van der Waals surface area contributed by atoms with Gasteiger partial charge in [-0.15, -0.1) is 0 Å². The summed E-state index contributed by atoms with van der Waals surface area (Å²) in [6.45, 7) is 2.97. The van der Waals surface area contributed by atoms with Crippen LogP contribution in [0.2, 0.25) is 0 Å². The molecule has 4 N–H and O–H groups in total. The molecule has 0 aromatic heterocycles. The average molecular weight is 703 g/mol. The highest BCUT2D eigenvalue weighted by Crippen LogP contribution is 2.32. The van der Waals surface area contributed by atoms with Gasteiger partial charge in [-0.1, -0.05) is 121 Å². The number of carboxylic acid groups (broad SMARTS) is 2. The number of nitrogens with zero attached hydrogens (tertiary/aromatic N) is 2. The van der Waals surface area contributed by atoms with Crippen LogP contribution in [-0.4, -0.2) is 89.9 Å². The van der Waals surface area contributed by atoms with E-state index in [1.165, 1.54) is 0 Å². The lowest BCUT2D eigenvalue weighted by Crippen LogP contribution is -2.33. The van der Waals surface area contributed by atoms with Crippen molar-refractivity contribution in [2.75, 3.05) is 27.3 Å². The molecule has 0 saturated carbocycles. The van der Waals surface area contributed by atoms with Crippen LogP contribution >= 0.6 is 48.0 Å². The van der Waals surface area contributed by atoms with E-state index in [-0.39, 0.29) is 20.5 Å². The summed E-state index contributed by atoms with van der Waals surface area (Å²) in [7, 11) is 2.00. The monoisotopic (exact) mass is 702 g/mol. The van der Waals surface area contributed by atoms with Gasteiger partial charge < -0.3 is 20.4 Å². The normalized spacial score (nSPS) is 16.4. The first kappa shape index (κ1) is 40.1. The van der Waals surface area contributed by atoms with Crippen LogP contribution in [0.3, 0.4) is 0 Å². The molecule has 46 heavy (non-hydrogen) atoms. The van der Waals surface area contributed by atoms with Gasteiger partial charge in [0.2, 0.25) is 0 Å². The highest BCUT2D eigenvalue weighted by molar-refractivity contribution is 8.27. The molecular weight excluding hydrogens is 669 g/mol. The summed E-state index contributed by atoms with van der Waals surface area (Å²) in [6.07, 6.45) is 7.36. The lowest BCUT2D eigenvalue weighted by molar-refractivity contribution is -0.140. The van der Waals surface area contributed by atoms with E-state index in [0.717, 1.165) is 69.8 Å². The first-order chi connectivity index (χ1) is 21.9. The minimum Gasteiger partial charge on any atom is -0.480 e. The highest BCUT2D eigenvalue weighted by atomic mass is 32.2. The Hall–Kier alpha value is -3.92. The molecule has 0 bridgehead atoms. The summed E-state index contributed by atoms with van der Waals surface area (Å²) in [6, 6.07) is 19.5. The number of benzene rings is 2. The van der Waals surface area contributed by atoms with Gasteiger partial charge in [-0.2, -0.15) is 0 Å². The quantitative estimate of drug-likeness (QED) is 0.215. The topological polar surface area (TPSA) is 156 Å². The number of aliphatic hydroxyl groups excluding tert-OH is 2. The molecule has 2 fully saturated rings. The maximum absolute atomic E-state index is 12.1. The Morgan fingerprint density at radius 2 is 0.957 bits per heavy atom. The number of rotatable bonds is 8. The standard InChI is InChI=1S/2C15H13NO3S2.2CH4O/c2*1-10(7-11-5-3-2-4-6-11)8-12-14(19)16(9-13(17)18)15(20)21-12;2*1-2/h2*2-8H,9H2,1H3,(H,17,18);2*2H,1H3/b2*10-7+,12-8-;;. The first-order valence-electron chi connectivity index (χ1n) is 13.2. The summed E-state index contributed by atoms with van der Waals surface area (Å²) in [5.74, 6) is -2.87. The fourth-order valence-corrected chi connectivity index (χ4v) is 6.27. The van der Waals surface area contributed by atoms with Crippen molar-refractivity contribution < 1.29 is 39.6 Å². The van der Waals surface area contributed by atoms with Crippen molar-refractivity contribution in [2.45, 2.75) is 13.8 Å². The van der Waals surface area contributed by atoms with Gasteiger partial charge in [0.25, 0.3) is 11.8 Å². The summed E-state index contributed by atoms with van der Waals surface area (Å²) in [4.78, 5) is 48.7. The maximum atomic E-state index is 12.1. The van der Waals surface area contributed by atoms with Gasteiger partial charge in [-0.3, -0.25) is 29.0 Å². The Morgan fingerprint density at radius 3 is 1.24 bits per heavy atom. The minimum atomic E-state index is -1.08. The van der Waals surface area contributed by atoms with E-state index in [9.17, 15) is 19.2 Å². The molecule has 244 valence electrons. The molecule has 0 aliphatic carbocycles. The maximum Gasteiger partial charge on any atom is 0.323 e. The van der Waals surface area contributed by atoms with Crippen molar-refractivity contribution in [1.82, 2.24) is 9.80 Å². The van der Waals surface area contributed by atoms with Gasteiger partial charge in [0.05, 0.1) is 9.81 Å². The van der Waals surface area contributed by atoms with E-state index in [2.05, 4.69) is 0 Å². The summed E-state index contributed by atoms with van der Waals surface area (Å²) < 4.78 is 0.558. The smallest absolute Gasteiger partial charge is 0.323 e. The van der Waals surface area contributed by atoms with E-state index in [1.54, 1.807) is 12.2 Å². The second kappa shape index (κ2) is 21.0. The van der Waals surface area contributed by atoms with Crippen LogP contribution in [-0.2, 0) is 19.2 Å². The van der Waals surface area contributed by atoms with Crippen LogP contribution in [0.15, 0.2) is 93.8 Å². The second-order valence-electron chi connectivity index (χ2n) is 8.92. The van der Waals surface area contributed by atoms with E-state index in [0.29, 0.717) is 9.81 Å². The minimum absolute atomic E-state index is 0.279. The summed E-state index contributed by atoms with van der Waals surface area (Å²) in [5, 5.41) is 31.6. The molecule has 4 rings (SSSR count). The molecular formula is C32H34N2O8S4. The van der Waals surface area contributed by atoms with Gasteiger partial charge in [-0.05, 0) is 48.3 Å². The van der Waals surface area contributed by atoms with Crippen molar-refractivity contribution in [2.24, 2.45) is 0 Å². The Kier molecular flexibility index (Phi) is 18.3. The van der Waals surface area contributed by atoms with Crippen molar-refractivity contribution in [1.29, 1.82) is 0 Å². The molecule has 2 amide bonds. The number of carbonyl (C=O) groups excluding carboxylic acids is 2. The van der Waals surface area contributed by atoms with Crippen molar-refractivity contribution >= 4 is 92.5 Å². The van der Waals surface area contributed by atoms with E-state index < -0.39 is 25.0 Å². The van der Waals surface area contributed by atoms with Gasteiger partial charge in [-0.25, -0.2) is 0 Å². The van der Waals surface area contributed by atoms with Crippen molar-refractivity contribution in [3.8, 4) is 0 Å². The molecule has 2 aliphatic rings. The Morgan fingerprint density at radius 1 is 0.652 bits per heavy atom.